The largest absolute Gasteiger partial charge is 0.381 e. The fraction of sp³-hybridized carbons (Fsp3) is 0.714. The first-order valence-corrected chi connectivity index (χ1v) is 6.95. The van der Waals surface area contributed by atoms with Crippen LogP contribution in [0.2, 0.25) is 0 Å². The smallest absolute Gasteiger partial charge is 0.293 e. The maximum Gasteiger partial charge on any atom is 0.293 e. The van der Waals surface area contributed by atoms with Crippen molar-refractivity contribution in [1.29, 1.82) is 0 Å². The van der Waals surface area contributed by atoms with Gasteiger partial charge in [0.05, 0.1) is 6.10 Å². The van der Waals surface area contributed by atoms with Gasteiger partial charge in [0.25, 0.3) is 5.56 Å². The van der Waals surface area contributed by atoms with E-state index in [1.807, 2.05) is 0 Å². The highest BCUT2D eigenvalue weighted by Crippen LogP contribution is 2.23. The van der Waals surface area contributed by atoms with Gasteiger partial charge in [0.15, 0.2) is 5.82 Å². The Hall–Kier alpha value is -1.36. The molecule has 2 rings (SSSR count). The van der Waals surface area contributed by atoms with Gasteiger partial charge in [-0.2, -0.15) is 0 Å². The van der Waals surface area contributed by atoms with Crippen LogP contribution < -0.4 is 10.9 Å². The molecule has 5 heteroatoms. The van der Waals surface area contributed by atoms with Gasteiger partial charge in [0, 0.05) is 32.1 Å². The summed E-state index contributed by atoms with van der Waals surface area (Å²) in [5, 5.41) is 3.26. The normalized spacial score (nSPS) is 22.9. The zero-order valence-corrected chi connectivity index (χ0v) is 11.9. The molecule has 0 bridgehead atoms. The van der Waals surface area contributed by atoms with E-state index in [-0.39, 0.29) is 5.56 Å². The third-order valence-electron chi connectivity index (χ3n) is 3.53. The molecule has 1 saturated carbocycles. The fourth-order valence-corrected chi connectivity index (χ4v) is 2.56. The molecular weight excluding hydrogens is 242 g/mol. The molecule has 0 radical (unpaired) electrons. The lowest BCUT2D eigenvalue weighted by Crippen LogP contribution is -2.29. The van der Waals surface area contributed by atoms with Gasteiger partial charge < -0.3 is 14.6 Å². The van der Waals surface area contributed by atoms with Crippen molar-refractivity contribution < 1.29 is 4.74 Å². The van der Waals surface area contributed by atoms with E-state index in [9.17, 15) is 4.79 Å². The number of hydrogen-bond acceptors (Lipinski definition) is 4. The molecule has 0 amide bonds. The van der Waals surface area contributed by atoms with Crippen molar-refractivity contribution in [3.05, 3.63) is 22.7 Å². The standard InChI is InChI=1S/C14H23N3O2/c1-10(2)9-17-7-6-15-13(14(17)18)16-11-4-5-12(8-11)19-3/h6-7,10-12H,4-5,8-9H2,1-3H3,(H,15,16). The number of nitrogens with one attached hydrogen (secondary N) is 1. The van der Waals surface area contributed by atoms with Gasteiger partial charge in [0.1, 0.15) is 0 Å². The Morgan fingerprint density at radius 3 is 2.95 bits per heavy atom. The van der Waals surface area contributed by atoms with Gasteiger partial charge in [0.2, 0.25) is 0 Å². The number of hydrogen-bond donors (Lipinski definition) is 1. The third-order valence-corrected chi connectivity index (χ3v) is 3.53. The molecule has 5 nitrogen and oxygen atoms in total. The van der Waals surface area contributed by atoms with Crippen LogP contribution in [0.3, 0.4) is 0 Å². The highest BCUT2D eigenvalue weighted by Gasteiger charge is 2.25. The predicted octanol–water partition coefficient (Wildman–Crippen LogP) is 1.88. The van der Waals surface area contributed by atoms with E-state index in [1.165, 1.54) is 0 Å². The zero-order chi connectivity index (χ0) is 13.8. The molecule has 1 aromatic rings. The first kappa shape index (κ1) is 14.1. The van der Waals surface area contributed by atoms with Crippen LogP contribution >= 0.6 is 0 Å². The SMILES string of the molecule is COC1CCC(Nc2nccn(CC(C)C)c2=O)C1. The van der Waals surface area contributed by atoms with Crippen molar-refractivity contribution in [2.45, 2.75) is 51.8 Å². The minimum absolute atomic E-state index is 0.0305. The molecule has 1 aliphatic carbocycles. The number of aromatic nitrogens is 2. The second-order valence-electron chi connectivity index (χ2n) is 5.64. The molecule has 1 heterocycles. The summed E-state index contributed by atoms with van der Waals surface area (Å²) in [6, 6.07) is 0.292. The highest BCUT2D eigenvalue weighted by atomic mass is 16.5. The Kier molecular flexibility index (Phi) is 4.58. The maximum absolute atomic E-state index is 12.2. The molecule has 1 fully saturated rings. The predicted molar refractivity (Wildman–Crippen MR) is 75.4 cm³/mol. The summed E-state index contributed by atoms with van der Waals surface area (Å²) in [5.41, 5.74) is -0.0305. The quantitative estimate of drug-likeness (QED) is 0.883. The Labute approximate surface area is 114 Å². The lowest BCUT2D eigenvalue weighted by molar-refractivity contribution is 0.108. The second kappa shape index (κ2) is 6.19. The summed E-state index contributed by atoms with van der Waals surface area (Å²) < 4.78 is 7.07. The van der Waals surface area contributed by atoms with E-state index in [0.717, 1.165) is 25.8 Å². The molecule has 0 spiro atoms. The van der Waals surface area contributed by atoms with E-state index in [0.29, 0.717) is 23.9 Å². The zero-order valence-electron chi connectivity index (χ0n) is 11.9. The van der Waals surface area contributed by atoms with Gasteiger partial charge in [-0.25, -0.2) is 4.98 Å². The molecule has 1 aliphatic rings. The number of methoxy groups -OCH3 is 1. The molecular formula is C14H23N3O2. The number of rotatable bonds is 5. The molecule has 0 aliphatic heterocycles. The van der Waals surface area contributed by atoms with Crippen LogP contribution in [0, 0.1) is 5.92 Å². The maximum atomic E-state index is 12.2. The highest BCUT2D eigenvalue weighted by molar-refractivity contribution is 5.32. The summed E-state index contributed by atoms with van der Waals surface area (Å²) in [4.78, 5) is 16.4. The Bertz CT molecular complexity index is 470. The monoisotopic (exact) mass is 265 g/mol. The fourth-order valence-electron chi connectivity index (χ4n) is 2.56. The minimum Gasteiger partial charge on any atom is -0.381 e. The van der Waals surface area contributed by atoms with Gasteiger partial charge in [-0.1, -0.05) is 13.8 Å². The lowest BCUT2D eigenvalue weighted by Gasteiger charge is -2.15. The Morgan fingerprint density at radius 1 is 1.53 bits per heavy atom. The molecule has 0 aromatic carbocycles. The van der Waals surface area contributed by atoms with Crippen molar-refractivity contribution in [1.82, 2.24) is 9.55 Å². The van der Waals surface area contributed by atoms with Gasteiger partial charge in [-0.05, 0) is 25.2 Å². The van der Waals surface area contributed by atoms with Crippen molar-refractivity contribution >= 4 is 5.82 Å². The van der Waals surface area contributed by atoms with Crippen molar-refractivity contribution in [3.63, 3.8) is 0 Å². The average molecular weight is 265 g/mol. The van der Waals surface area contributed by atoms with E-state index in [1.54, 1.807) is 24.1 Å². The third kappa shape index (κ3) is 3.56. The van der Waals surface area contributed by atoms with Crippen molar-refractivity contribution in [2.75, 3.05) is 12.4 Å². The summed E-state index contributed by atoms with van der Waals surface area (Å²) in [5.74, 6) is 0.905. The van der Waals surface area contributed by atoms with E-state index in [2.05, 4.69) is 24.1 Å². The summed E-state index contributed by atoms with van der Waals surface area (Å²) in [6.45, 7) is 4.92. The van der Waals surface area contributed by atoms with E-state index in [4.69, 9.17) is 4.74 Å². The molecule has 0 saturated heterocycles. The van der Waals surface area contributed by atoms with Crippen LogP contribution in [-0.4, -0.2) is 28.8 Å². The van der Waals surface area contributed by atoms with E-state index < -0.39 is 0 Å². The Morgan fingerprint density at radius 2 is 2.32 bits per heavy atom. The van der Waals surface area contributed by atoms with Crippen LogP contribution in [-0.2, 0) is 11.3 Å². The summed E-state index contributed by atoms with van der Waals surface area (Å²) >= 11 is 0. The van der Waals surface area contributed by atoms with Crippen LogP contribution in [0.4, 0.5) is 5.82 Å². The first-order valence-electron chi connectivity index (χ1n) is 6.95. The van der Waals surface area contributed by atoms with Gasteiger partial charge in [-0.15, -0.1) is 0 Å². The number of anilines is 1. The summed E-state index contributed by atoms with van der Waals surface area (Å²) in [7, 11) is 1.74. The minimum atomic E-state index is -0.0305. The molecule has 1 N–H and O–H groups in total. The van der Waals surface area contributed by atoms with Crippen molar-refractivity contribution in [3.8, 4) is 0 Å². The van der Waals surface area contributed by atoms with Crippen LogP contribution in [0.5, 0.6) is 0 Å². The van der Waals surface area contributed by atoms with Crippen LogP contribution in [0.15, 0.2) is 17.2 Å². The van der Waals surface area contributed by atoms with Gasteiger partial charge in [-0.3, -0.25) is 4.79 Å². The molecule has 2 unspecified atom stereocenters. The molecule has 106 valence electrons. The summed E-state index contributed by atoms with van der Waals surface area (Å²) in [6.07, 6.45) is 6.75. The van der Waals surface area contributed by atoms with Crippen LogP contribution in [0.1, 0.15) is 33.1 Å². The molecule has 1 aromatic heterocycles. The lowest BCUT2D eigenvalue weighted by atomic mass is 10.2. The Balaban J connectivity index is 2.07. The molecule has 2 atom stereocenters. The van der Waals surface area contributed by atoms with Crippen molar-refractivity contribution in [2.24, 2.45) is 5.92 Å². The van der Waals surface area contributed by atoms with E-state index >= 15 is 0 Å². The topological polar surface area (TPSA) is 56.1 Å². The van der Waals surface area contributed by atoms with Crippen LogP contribution in [0.25, 0.3) is 0 Å². The number of nitrogens with zero attached hydrogens (tertiary/aromatic N) is 2. The second-order valence-corrected chi connectivity index (χ2v) is 5.64. The average Bonchev–Trinajstić information content (AvgIpc) is 2.81. The van der Waals surface area contributed by atoms with Gasteiger partial charge >= 0.3 is 0 Å². The molecule has 19 heavy (non-hydrogen) atoms. The number of ether oxygens (including phenoxy) is 1. The first-order chi connectivity index (χ1) is 9.10.